The number of halogens is 1. The lowest BCUT2D eigenvalue weighted by Gasteiger charge is -2.15. The minimum absolute atomic E-state index is 0.529. The van der Waals surface area contributed by atoms with Crippen LogP contribution in [0.4, 0.5) is 0 Å². The third-order valence-corrected chi connectivity index (χ3v) is 3.24. The van der Waals surface area contributed by atoms with Gasteiger partial charge in [-0.3, -0.25) is 5.10 Å². The van der Waals surface area contributed by atoms with E-state index in [1.54, 1.807) is 13.3 Å². The number of rotatable bonds is 6. The molecule has 2 heterocycles. The standard InChI is InChI=1S/C14H19ClN4O/c1-4-5-19(2)9-10-7-17-18-13(10)12-6-11(15)8-16-14(12)20-3/h6-8H,4-5,9H2,1-3H3,(H,17,18). The lowest BCUT2D eigenvalue weighted by molar-refractivity contribution is 0.328. The summed E-state index contributed by atoms with van der Waals surface area (Å²) in [6, 6.07) is 1.83. The van der Waals surface area contributed by atoms with Crippen molar-refractivity contribution in [3.05, 3.63) is 29.0 Å². The number of nitrogens with one attached hydrogen (secondary N) is 1. The quantitative estimate of drug-likeness (QED) is 0.890. The van der Waals surface area contributed by atoms with Gasteiger partial charge in [0.1, 0.15) is 5.69 Å². The molecule has 0 saturated carbocycles. The molecule has 2 rings (SSSR count). The molecule has 108 valence electrons. The van der Waals surface area contributed by atoms with Gasteiger partial charge in [0.2, 0.25) is 5.88 Å². The maximum atomic E-state index is 6.03. The van der Waals surface area contributed by atoms with Crippen LogP contribution >= 0.6 is 11.6 Å². The molecule has 0 fully saturated rings. The van der Waals surface area contributed by atoms with Crippen LogP contribution in [0.1, 0.15) is 18.9 Å². The molecule has 2 aromatic heterocycles. The van der Waals surface area contributed by atoms with Crippen molar-refractivity contribution in [3.63, 3.8) is 0 Å². The van der Waals surface area contributed by atoms with Crippen LogP contribution in [0, 0.1) is 0 Å². The van der Waals surface area contributed by atoms with Crippen LogP contribution in [0.3, 0.4) is 0 Å². The molecule has 0 amide bonds. The highest BCUT2D eigenvalue weighted by atomic mass is 35.5. The molecule has 1 N–H and O–H groups in total. The molecule has 0 radical (unpaired) electrons. The van der Waals surface area contributed by atoms with Crippen LogP contribution in [0.25, 0.3) is 11.3 Å². The minimum atomic E-state index is 0.529. The maximum absolute atomic E-state index is 6.03. The normalized spacial score (nSPS) is 11.1. The topological polar surface area (TPSA) is 54.0 Å². The van der Waals surface area contributed by atoms with Crippen LogP contribution in [-0.4, -0.2) is 40.8 Å². The number of methoxy groups -OCH3 is 1. The summed E-state index contributed by atoms with van der Waals surface area (Å²) in [4.78, 5) is 6.44. The van der Waals surface area contributed by atoms with E-state index in [-0.39, 0.29) is 0 Å². The van der Waals surface area contributed by atoms with Gasteiger partial charge in [0.25, 0.3) is 0 Å². The average molecular weight is 295 g/mol. The van der Waals surface area contributed by atoms with Crippen molar-refractivity contribution in [3.8, 4) is 17.1 Å². The summed E-state index contributed by atoms with van der Waals surface area (Å²) in [7, 11) is 3.68. The van der Waals surface area contributed by atoms with Crippen molar-refractivity contribution in [2.24, 2.45) is 0 Å². The van der Waals surface area contributed by atoms with Gasteiger partial charge in [0, 0.05) is 24.5 Å². The fourth-order valence-corrected chi connectivity index (χ4v) is 2.34. The van der Waals surface area contributed by atoms with Gasteiger partial charge in [0.05, 0.1) is 17.7 Å². The highest BCUT2D eigenvalue weighted by Gasteiger charge is 2.16. The average Bonchev–Trinajstić information content (AvgIpc) is 2.86. The first-order valence-electron chi connectivity index (χ1n) is 6.56. The second-order valence-electron chi connectivity index (χ2n) is 4.71. The van der Waals surface area contributed by atoms with E-state index in [2.05, 4.69) is 34.1 Å². The first-order chi connectivity index (χ1) is 9.65. The molecular formula is C14H19ClN4O. The lowest BCUT2D eigenvalue weighted by Crippen LogP contribution is -2.18. The summed E-state index contributed by atoms with van der Waals surface area (Å²) in [5.74, 6) is 0.529. The fraction of sp³-hybridized carbons (Fsp3) is 0.429. The molecule has 5 nitrogen and oxygen atoms in total. The summed E-state index contributed by atoms with van der Waals surface area (Å²) in [6.45, 7) is 4.02. The van der Waals surface area contributed by atoms with E-state index in [9.17, 15) is 0 Å². The Hall–Kier alpha value is -1.59. The van der Waals surface area contributed by atoms with Crippen LogP contribution in [-0.2, 0) is 6.54 Å². The molecule has 6 heteroatoms. The first kappa shape index (κ1) is 14.8. The highest BCUT2D eigenvalue weighted by molar-refractivity contribution is 6.30. The fourth-order valence-electron chi connectivity index (χ4n) is 2.18. The zero-order valence-corrected chi connectivity index (χ0v) is 12.7. The molecule has 0 unspecified atom stereocenters. The zero-order valence-electron chi connectivity index (χ0n) is 12.0. The van der Waals surface area contributed by atoms with Gasteiger partial charge in [-0.1, -0.05) is 18.5 Å². The van der Waals surface area contributed by atoms with Gasteiger partial charge < -0.3 is 9.64 Å². The second kappa shape index (κ2) is 6.72. The van der Waals surface area contributed by atoms with Crippen molar-refractivity contribution in [2.75, 3.05) is 20.7 Å². The van der Waals surface area contributed by atoms with E-state index < -0.39 is 0 Å². The van der Waals surface area contributed by atoms with Crippen molar-refractivity contribution >= 4 is 11.6 Å². The van der Waals surface area contributed by atoms with Gasteiger partial charge in [-0.05, 0) is 26.1 Å². The molecule has 2 aromatic rings. The monoisotopic (exact) mass is 294 g/mol. The van der Waals surface area contributed by atoms with Crippen molar-refractivity contribution < 1.29 is 4.74 Å². The molecule has 0 aliphatic heterocycles. The number of nitrogens with zero attached hydrogens (tertiary/aromatic N) is 3. The Morgan fingerprint density at radius 3 is 2.95 bits per heavy atom. The Balaban J connectivity index is 2.34. The highest BCUT2D eigenvalue weighted by Crippen LogP contribution is 2.31. The molecule has 0 spiro atoms. The number of pyridine rings is 1. The van der Waals surface area contributed by atoms with Gasteiger partial charge in [-0.15, -0.1) is 0 Å². The van der Waals surface area contributed by atoms with E-state index in [4.69, 9.17) is 16.3 Å². The van der Waals surface area contributed by atoms with Gasteiger partial charge in [-0.25, -0.2) is 4.98 Å². The largest absolute Gasteiger partial charge is 0.481 e. The predicted molar refractivity (Wildman–Crippen MR) is 80.0 cm³/mol. The van der Waals surface area contributed by atoms with E-state index in [0.717, 1.165) is 36.3 Å². The summed E-state index contributed by atoms with van der Waals surface area (Å²) in [5.41, 5.74) is 2.74. The zero-order chi connectivity index (χ0) is 14.5. The molecule has 0 atom stereocenters. The van der Waals surface area contributed by atoms with Crippen LogP contribution in [0.15, 0.2) is 18.5 Å². The van der Waals surface area contributed by atoms with Gasteiger partial charge in [-0.2, -0.15) is 5.10 Å². The molecule has 0 aliphatic carbocycles. The van der Waals surface area contributed by atoms with Gasteiger partial charge >= 0.3 is 0 Å². The Morgan fingerprint density at radius 1 is 1.45 bits per heavy atom. The number of hydrogen-bond acceptors (Lipinski definition) is 4. The molecule has 0 aromatic carbocycles. The number of hydrogen-bond donors (Lipinski definition) is 1. The Bertz CT molecular complexity index is 570. The third-order valence-electron chi connectivity index (χ3n) is 3.03. The number of aromatic nitrogens is 3. The maximum Gasteiger partial charge on any atom is 0.222 e. The molecule has 20 heavy (non-hydrogen) atoms. The first-order valence-corrected chi connectivity index (χ1v) is 6.94. The van der Waals surface area contributed by atoms with Crippen molar-refractivity contribution in [1.82, 2.24) is 20.1 Å². The molecule has 0 saturated heterocycles. The van der Waals surface area contributed by atoms with E-state index in [1.165, 1.54) is 0 Å². The van der Waals surface area contributed by atoms with E-state index >= 15 is 0 Å². The van der Waals surface area contributed by atoms with Crippen LogP contribution in [0.2, 0.25) is 5.02 Å². The summed E-state index contributed by atoms with van der Waals surface area (Å²) >= 11 is 6.03. The Kier molecular flexibility index (Phi) is 4.98. The van der Waals surface area contributed by atoms with E-state index in [1.807, 2.05) is 12.3 Å². The second-order valence-corrected chi connectivity index (χ2v) is 5.14. The SMILES string of the molecule is CCCN(C)Cc1c[nH]nc1-c1cc(Cl)cnc1OC. The molecule has 0 aliphatic rings. The van der Waals surface area contributed by atoms with Crippen molar-refractivity contribution in [1.29, 1.82) is 0 Å². The smallest absolute Gasteiger partial charge is 0.222 e. The Labute approximate surface area is 123 Å². The van der Waals surface area contributed by atoms with E-state index in [0.29, 0.717) is 10.9 Å². The van der Waals surface area contributed by atoms with Crippen LogP contribution in [0.5, 0.6) is 5.88 Å². The number of aromatic amines is 1. The van der Waals surface area contributed by atoms with Crippen LogP contribution < -0.4 is 4.74 Å². The molecular weight excluding hydrogens is 276 g/mol. The summed E-state index contributed by atoms with van der Waals surface area (Å²) in [6.07, 6.45) is 4.59. The Morgan fingerprint density at radius 2 is 2.25 bits per heavy atom. The number of ether oxygens (including phenoxy) is 1. The summed E-state index contributed by atoms with van der Waals surface area (Å²) in [5, 5.41) is 7.80. The predicted octanol–water partition coefficient (Wildman–Crippen LogP) is 2.98. The third kappa shape index (κ3) is 3.29. The molecule has 0 bridgehead atoms. The number of H-pyrrole nitrogens is 1. The van der Waals surface area contributed by atoms with Crippen molar-refractivity contribution in [2.45, 2.75) is 19.9 Å². The minimum Gasteiger partial charge on any atom is -0.481 e. The summed E-state index contributed by atoms with van der Waals surface area (Å²) < 4.78 is 5.29. The van der Waals surface area contributed by atoms with Gasteiger partial charge in [0.15, 0.2) is 0 Å². The lowest BCUT2D eigenvalue weighted by atomic mass is 10.1.